The van der Waals surface area contributed by atoms with Crippen LogP contribution in [0.15, 0.2) is 24.3 Å². The molecular weight excluding hydrogens is 212 g/mol. The first-order chi connectivity index (χ1) is 8.27. The fraction of sp³-hybridized carbons (Fsp3) is 0.667. The maximum absolute atomic E-state index is 10.5. The second-order valence-corrected chi connectivity index (χ2v) is 4.14. The van der Waals surface area contributed by atoms with Gasteiger partial charge in [0.2, 0.25) is 0 Å². The molecule has 0 bridgehead atoms. The summed E-state index contributed by atoms with van der Waals surface area (Å²) in [5.74, 6) is -0.201. The van der Waals surface area contributed by atoms with E-state index < -0.39 is 0 Å². The molecule has 0 aliphatic rings. The maximum atomic E-state index is 10.5. The Morgan fingerprint density at radius 3 is 2.12 bits per heavy atom. The molecule has 0 saturated heterocycles. The van der Waals surface area contributed by atoms with Crippen molar-refractivity contribution in [1.29, 1.82) is 0 Å². The fourth-order valence-electron chi connectivity index (χ4n) is 1.45. The van der Waals surface area contributed by atoms with E-state index >= 15 is 0 Å². The number of hydrogen-bond donors (Lipinski definition) is 0. The Morgan fingerprint density at radius 1 is 0.941 bits per heavy atom. The van der Waals surface area contributed by atoms with Crippen LogP contribution in [0.2, 0.25) is 0 Å². The van der Waals surface area contributed by atoms with E-state index in [1.807, 2.05) is 0 Å². The molecule has 2 nitrogen and oxygen atoms in total. The van der Waals surface area contributed by atoms with Gasteiger partial charge in [0.1, 0.15) is 0 Å². The van der Waals surface area contributed by atoms with Gasteiger partial charge in [0.05, 0.1) is 6.61 Å². The smallest absolute Gasteiger partial charge is 0.302 e. The standard InChI is InChI=1S/C15H26O2/c1-3-4-5-6-7-8-9-10-11-12-13-14-17-15(2)16/h7-8,11-12H,3-6,9-10,13-14H2,1-2H3/b8-7+,12-11+. The molecule has 0 heterocycles. The van der Waals surface area contributed by atoms with E-state index in [9.17, 15) is 4.79 Å². The third kappa shape index (κ3) is 14.9. The van der Waals surface area contributed by atoms with Crippen molar-refractivity contribution >= 4 is 5.97 Å². The van der Waals surface area contributed by atoms with Crippen LogP contribution in [0.1, 0.15) is 58.8 Å². The molecule has 0 rings (SSSR count). The molecule has 0 aliphatic carbocycles. The molecule has 0 radical (unpaired) electrons. The lowest BCUT2D eigenvalue weighted by atomic mass is 10.2. The molecule has 0 fully saturated rings. The predicted molar refractivity (Wildman–Crippen MR) is 72.9 cm³/mol. The minimum absolute atomic E-state index is 0.201. The first-order valence-electron chi connectivity index (χ1n) is 6.70. The zero-order chi connectivity index (χ0) is 12.8. The number of unbranched alkanes of at least 4 members (excludes halogenated alkanes) is 4. The van der Waals surface area contributed by atoms with Crippen LogP contribution in [-0.2, 0) is 9.53 Å². The van der Waals surface area contributed by atoms with E-state index in [0.29, 0.717) is 6.61 Å². The van der Waals surface area contributed by atoms with Crippen LogP contribution in [0, 0.1) is 0 Å². The Balaban J connectivity index is 3.21. The van der Waals surface area contributed by atoms with Crippen molar-refractivity contribution in [3.8, 4) is 0 Å². The molecule has 0 saturated carbocycles. The summed E-state index contributed by atoms with van der Waals surface area (Å²) in [5.41, 5.74) is 0. The molecule has 0 aromatic carbocycles. The van der Waals surface area contributed by atoms with E-state index in [-0.39, 0.29) is 5.97 Å². The van der Waals surface area contributed by atoms with E-state index in [2.05, 4.69) is 31.2 Å². The van der Waals surface area contributed by atoms with Gasteiger partial charge in [-0.2, -0.15) is 0 Å². The number of hydrogen-bond acceptors (Lipinski definition) is 2. The molecule has 98 valence electrons. The highest BCUT2D eigenvalue weighted by Crippen LogP contribution is 2.01. The zero-order valence-electron chi connectivity index (χ0n) is 11.3. The van der Waals surface area contributed by atoms with E-state index in [4.69, 9.17) is 4.74 Å². The first kappa shape index (κ1) is 16.0. The van der Waals surface area contributed by atoms with Crippen molar-refractivity contribution in [3.63, 3.8) is 0 Å². The second kappa shape index (κ2) is 13.0. The highest BCUT2D eigenvalue weighted by molar-refractivity contribution is 5.65. The lowest BCUT2D eigenvalue weighted by Crippen LogP contribution is -1.98. The summed E-state index contributed by atoms with van der Waals surface area (Å²) in [6.45, 7) is 4.16. The van der Waals surface area contributed by atoms with Gasteiger partial charge in [0.15, 0.2) is 0 Å². The van der Waals surface area contributed by atoms with Gasteiger partial charge in [-0.15, -0.1) is 0 Å². The summed E-state index contributed by atoms with van der Waals surface area (Å²) in [4.78, 5) is 10.5. The van der Waals surface area contributed by atoms with Crippen LogP contribution in [0.5, 0.6) is 0 Å². The molecule has 0 unspecified atom stereocenters. The highest BCUT2D eigenvalue weighted by atomic mass is 16.5. The Hall–Kier alpha value is -1.05. The minimum atomic E-state index is -0.201. The van der Waals surface area contributed by atoms with Crippen LogP contribution in [0.3, 0.4) is 0 Å². The van der Waals surface area contributed by atoms with Crippen LogP contribution >= 0.6 is 0 Å². The summed E-state index contributed by atoms with van der Waals surface area (Å²) < 4.78 is 4.82. The van der Waals surface area contributed by atoms with Crippen molar-refractivity contribution in [2.24, 2.45) is 0 Å². The number of allylic oxidation sites excluding steroid dienone is 3. The molecule has 0 amide bonds. The fourth-order valence-corrected chi connectivity index (χ4v) is 1.45. The number of rotatable bonds is 10. The molecule has 0 spiro atoms. The SMILES string of the molecule is CCCCC/C=C/CC/C=C/CCOC(C)=O. The average molecular weight is 238 g/mol. The van der Waals surface area contributed by atoms with Crippen LogP contribution < -0.4 is 0 Å². The summed E-state index contributed by atoms with van der Waals surface area (Å²) in [6, 6.07) is 0. The predicted octanol–water partition coefficient (Wildman–Crippen LogP) is 4.41. The number of carbonyl (C=O) groups is 1. The van der Waals surface area contributed by atoms with Gasteiger partial charge >= 0.3 is 5.97 Å². The van der Waals surface area contributed by atoms with Gasteiger partial charge in [-0.3, -0.25) is 4.79 Å². The molecule has 2 heteroatoms. The average Bonchev–Trinajstić information content (AvgIpc) is 2.30. The summed E-state index contributed by atoms with van der Waals surface area (Å²) in [6.07, 6.45) is 16.9. The molecule has 17 heavy (non-hydrogen) atoms. The molecule has 0 N–H and O–H groups in total. The summed E-state index contributed by atoms with van der Waals surface area (Å²) in [7, 11) is 0. The van der Waals surface area contributed by atoms with E-state index in [0.717, 1.165) is 19.3 Å². The van der Waals surface area contributed by atoms with Gasteiger partial charge in [0, 0.05) is 6.92 Å². The highest BCUT2D eigenvalue weighted by Gasteiger charge is 1.88. The van der Waals surface area contributed by atoms with Crippen molar-refractivity contribution < 1.29 is 9.53 Å². The minimum Gasteiger partial charge on any atom is -0.466 e. The molecule has 0 atom stereocenters. The molecule has 0 aliphatic heterocycles. The third-order valence-electron chi connectivity index (χ3n) is 2.40. The van der Waals surface area contributed by atoms with Gasteiger partial charge < -0.3 is 4.74 Å². The van der Waals surface area contributed by atoms with E-state index in [1.54, 1.807) is 0 Å². The summed E-state index contributed by atoms with van der Waals surface area (Å²) >= 11 is 0. The van der Waals surface area contributed by atoms with Crippen molar-refractivity contribution in [2.75, 3.05) is 6.61 Å². The second-order valence-electron chi connectivity index (χ2n) is 4.14. The van der Waals surface area contributed by atoms with Gasteiger partial charge in [-0.25, -0.2) is 0 Å². The Morgan fingerprint density at radius 2 is 1.53 bits per heavy atom. The van der Waals surface area contributed by atoms with Gasteiger partial charge in [-0.05, 0) is 32.1 Å². The van der Waals surface area contributed by atoms with E-state index in [1.165, 1.54) is 32.6 Å². The number of esters is 1. The van der Waals surface area contributed by atoms with Crippen LogP contribution in [-0.4, -0.2) is 12.6 Å². The lowest BCUT2D eigenvalue weighted by molar-refractivity contribution is -0.140. The van der Waals surface area contributed by atoms with Crippen molar-refractivity contribution in [3.05, 3.63) is 24.3 Å². The van der Waals surface area contributed by atoms with Crippen LogP contribution in [0.4, 0.5) is 0 Å². The quantitative estimate of drug-likeness (QED) is 0.320. The van der Waals surface area contributed by atoms with Crippen molar-refractivity contribution in [1.82, 2.24) is 0 Å². The Kier molecular flexibility index (Phi) is 12.2. The normalized spacial score (nSPS) is 11.4. The number of carbonyl (C=O) groups excluding carboxylic acids is 1. The Bertz CT molecular complexity index is 229. The van der Waals surface area contributed by atoms with Gasteiger partial charge in [0.25, 0.3) is 0 Å². The maximum Gasteiger partial charge on any atom is 0.302 e. The molecule has 0 aromatic heterocycles. The lowest BCUT2D eigenvalue weighted by Gasteiger charge is -1.96. The van der Waals surface area contributed by atoms with Crippen molar-refractivity contribution in [2.45, 2.75) is 58.8 Å². The third-order valence-corrected chi connectivity index (χ3v) is 2.40. The molecule has 0 aromatic rings. The first-order valence-corrected chi connectivity index (χ1v) is 6.70. The number of ether oxygens (including phenoxy) is 1. The summed E-state index contributed by atoms with van der Waals surface area (Å²) in [5, 5.41) is 0. The molecular formula is C15H26O2. The Labute approximate surface area is 106 Å². The van der Waals surface area contributed by atoms with Gasteiger partial charge in [-0.1, -0.05) is 44.1 Å². The monoisotopic (exact) mass is 238 g/mol. The zero-order valence-corrected chi connectivity index (χ0v) is 11.3. The largest absolute Gasteiger partial charge is 0.466 e. The van der Waals surface area contributed by atoms with Crippen LogP contribution in [0.25, 0.3) is 0 Å². The topological polar surface area (TPSA) is 26.3 Å².